The number of carbonyl (C=O) groups is 2. The zero-order chi connectivity index (χ0) is 13.7. The molecule has 0 spiro atoms. The second kappa shape index (κ2) is 6.89. The number of rotatable bonds is 5. The van der Waals surface area contributed by atoms with E-state index in [0.29, 0.717) is 6.61 Å². The third-order valence-electron chi connectivity index (χ3n) is 4.11. The molecule has 1 saturated heterocycles. The van der Waals surface area contributed by atoms with Crippen LogP contribution < -0.4 is 5.32 Å². The lowest BCUT2D eigenvalue weighted by Gasteiger charge is -2.24. The summed E-state index contributed by atoms with van der Waals surface area (Å²) in [6, 6.07) is 0.236. The van der Waals surface area contributed by atoms with Crippen molar-refractivity contribution in [3.05, 3.63) is 0 Å². The van der Waals surface area contributed by atoms with Gasteiger partial charge >= 0.3 is 5.97 Å². The van der Waals surface area contributed by atoms with Crippen molar-refractivity contribution in [2.24, 2.45) is 5.92 Å². The topological polar surface area (TPSA) is 75.6 Å². The molecule has 2 atom stereocenters. The Morgan fingerprint density at radius 3 is 2.47 bits per heavy atom. The Morgan fingerprint density at radius 2 is 1.89 bits per heavy atom. The van der Waals surface area contributed by atoms with Crippen LogP contribution in [0.1, 0.15) is 51.4 Å². The SMILES string of the molecule is O=C(C[C@@H](C(=O)O)[C@@H]1CCCO1)NC1CCCCC1. The van der Waals surface area contributed by atoms with Crippen LogP contribution in [0.5, 0.6) is 0 Å². The monoisotopic (exact) mass is 269 g/mol. The molecule has 1 amide bonds. The molecule has 108 valence electrons. The van der Waals surface area contributed by atoms with Gasteiger partial charge in [-0.25, -0.2) is 0 Å². The molecule has 19 heavy (non-hydrogen) atoms. The quantitative estimate of drug-likeness (QED) is 0.796. The number of carboxylic acid groups (broad SMARTS) is 1. The highest BCUT2D eigenvalue weighted by Gasteiger charge is 2.33. The fourth-order valence-corrected chi connectivity index (χ4v) is 3.03. The summed E-state index contributed by atoms with van der Waals surface area (Å²) in [6.07, 6.45) is 6.95. The predicted molar refractivity (Wildman–Crippen MR) is 69.7 cm³/mol. The highest BCUT2D eigenvalue weighted by Crippen LogP contribution is 2.24. The van der Waals surface area contributed by atoms with Crippen molar-refractivity contribution in [2.45, 2.75) is 63.5 Å². The summed E-state index contributed by atoms with van der Waals surface area (Å²) < 4.78 is 5.41. The van der Waals surface area contributed by atoms with Crippen LogP contribution in [0.15, 0.2) is 0 Å². The molecule has 0 aromatic rings. The van der Waals surface area contributed by atoms with Crippen molar-refractivity contribution in [2.75, 3.05) is 6.61 Å². The summed E-state index contributed by atoms with van der Waals surface area (Å²) in [4.78, 5) is 23.2. The van der Waals surface area contributed by atoms with Gasteiger partial charge < -0.3 is 15.2 Å². The van der Waals surface area contributed by atoms with E-state index >= 15 is 0 Å². The second-order valence-electron chi connectivity index (χ2n) is 5.60. The Morgan fingerprint density at radius 1 is 1.16 bits per heavy atom. The van der Waals surface area contributed by atoms with E-state index in [2.05, 4.69) is 5.32 Å². The zero-order valence-electron chi connectivity index (χ0n) is 11.3. The molecule has 5 heteroatoms. The maximum absolute atomic E-state index is 12.0. The fourth-order valence-electron chi connectivity index (χ4n) is 3.03. The molecule has 2 fully saturated rings. The molecule has 1 aliphatic carbocycles. The molecule has 0 radical (unpaired) electrons. The summed E-state index contributed by atoms with van der Waals surface area (Å²) in [5.74, 6) is -1.77. The molecule has 0 aromatic heterocycles. The molecule has 2 aliphatic rings. The number of hydrogen-bond donors (Lipinski definition) is 2. The van der Waals surface area contributed by atoms with Gasteiger partial charge in [0.25, 0.3) is 0 Å². The van der Waals surface area contributed by atoms with E-state index in [1.807, 2.05) is 0 Å². The lowest BCUT2D eigenvalue weighted by molar-refractivity contribution is -0.149. The summed E-state index contributed by atoms with van der Waals surface area (Å²) >= 11 is 0. The Hall–Kier alpha value is -1.10. The first-order chi connectivity index (χ1) is 9.16. The standard InChI is InChI=1S/C14H23NO4/c16-13(15-10-5-2-1-3-6-10)9-11(14(17)18)12-7-4-8-19-12/h10-12H,1-9H2,(H,15,16)(H,17,18)/t11-,12+/m1/s1. The predicted octanol–water partition coefficient (Wildman–Crippen LogP) is 1.71. The Labute approximate surface area is 113 Å². The van der Waals surface area contributed by atoms with Crippen LogP contribution in [0.3, 0.4) is 0 Å². The normalized spacial score (nSPS) is 26.0. The Kier molecular flexibility index (Phi) is 5.19. The molecule has 1 heterocycles. The molecule has 1 saturated carbocycles. The van der Waals surface area contributed by atoms with Crippen molar-refractivity contribution in [3.63, 3.8) is 0 Å². The summed E-state index contributed by atoms with van der Waals surface area (Å²) in [5.41, 5.74) is 0. The lowest BCUT2D eigenvalue weighted by atomic mass is 9.93. The minimum atomic E-state index is -0.925. The van der Waals surface area contributed by atoms with Gasteiger partial charge in [0.15, 0.2) is 0 Å². The van der Waals surface area contributed by atoms with E-state index in [0.717, 1.165) is 38.5 Å². The second-order valence-corrected chi connectivity index (χ2v) is 5.60. The van der Waals surface area contributed by atoms with Crippen LogP contribution >= 0.6 is 0 Å². The van der Waals surface area contributed by atoms with Crippen molar-refractivity contribution in [1.82, 2.24) is 5.32 Å². The van der Waals surface area contributed by atoms with Crippen LogP contribution in [0.4, 0.5) is 0 Å². The third-order valence-corrected chi connectivity index (χ3v) is 4.11. The largest absolute Gasteiger partial charge is 0.481 e. The van der Waals surface area contributed by atoms with Crippen LogP contribution in [-0.2, 0) is 14.3 Å². The number of hydrogen-bond acceptors (Lipinski definition) is 3. The maximum Gasteiger partial charge on any atom is 0.309 e. The van der Waals surface area contributed by atoms with Crippen molar-refractivity contribution in [3.8, 4) is 0 Å². The summed E-state index contributed by atoms with van der Waals surface area (Å²) in [6.45, 7) is 0.610. The molecule has 2 N–H and O–H groups in total. The maximum atomic E-state index is 12.0. The number of carboxylic acids is 1. The Bertz CT molecular complexity index is 319. The number of aliphatic carboxylic acids is 1. The average Bonchev–Trinajstić information content (AvgIpc) is 2.90. The molecule has 1 aliphatic heterocycles. The number of carbonyl (C=O) groups excluding carboxylic acids is 1. The summed E-state index contributed by atoms with van der Waals surface area (Å²) in [5, 5.41) is 12.2. The van der Waals surface area contributed by atoms with Gasteiger partial charge in [-0.3, -0.25) is 9.59 Å². The van der Waals surface area contributed by atoms with Gasteiger partial charge in [-0.2, -0.15) is 0 Å². The molecule has 0 bridgehead atoms. The summed E-state index contributed by atoms with van der Waals surface area (Å²) in [7, 11) is 0. The highest BCUT2D eigenvalue weighted by atomic mass is 16.5. The molecular formula is C14H23NO4. The molecule has 2 rings (SSSR count). The van der Waals surface area contributed by atoms with E-state index in [-0.39, 0.29) is 24.5 Å². The smallest absolute Gasteiger partial charge is 0.309 e. The van der Waals surface area contributed by atoms with Gasteiger partial charge in [-0.1, -0.05) is 19.3 Å². The van der Waals surface area contributed by atoms with Gasteiger partial charge in [-0.05, 0) is 25.7 Å². The van der Waals surface area contributed by atoms with Gasteiger partial charge in [-0.15, -0.1) is 0 Å². The average molecular weight is 269 g/mol. The molecular weight excluding hydrogens is 246 g/mol. The molecule has 0 unspecified atom stereocenters. The van der Waals surface area contributed by atoms with Crippen molar-refractivity contribution in [1.29, 1.82) is 0 Å². The van der Waals surface area contributed by atoms with E-state index < -0.39 is 11.9 Å². The fraction of sp³-hybridized carbons (Fsp3) is 0.857. The van der Waals surface area contributed by atoms with E-state index in [1.165, 1.54) is 6.42 Å². The minimum absolute atomic E-state index is 0.0382. The third kappa shape index (κ3) is 4.20. The van der Waals surface area contributed by atoms with Crippen LogP contribution in [0.25, 0.3) is 0 Å². The van der Waals surface area contributed by atoms with Crippen molar-refractivity contribution >= 4 is 11.9 Å². The number of amides is 1. The minimum Gasteiger partial charge on any atom is -0.481 e. The van der Waals surface area contributed by atoms with Gasteiger partial charge in [0.05, 0.1) is 12.0 Å². The van der Waals surface area contributed by atoms with Crippen LogP contribution in [0.2, 0.25) is 0 Å². The van der Waals surface area contributed by atoms with Gasteiger partial charge in [0, 0.05) is 19.1 Å². The zero-order valence-corrected chi connectivity index (χ0v) is 11.3. The number of nitrogens with one attached hydrogen (secondary N) is 1. The van der Waals surface area contributed by atoms with Gasteiger partial charge in [0.1, 0.15) is 0 Å². The molecule has 5 nitrogen and oxygen atoms in total. The lowest BCUT2D eigenvalue weighted by Crippen LogP contribution is -2.40. The first-order valence-electron chi connectivity index (χ1n) is 7.30. The first kappa shape index (κ1) is 14.3. The van der Waals surface area contributed by atoms with Crippen LogP contribution in [0, 0.1) is 5.92 Å². The molecule has 0 aromatic carbocycles. The van der Waals surface area contributed by atoms with Crippen LogP contribution in [-0.4, -0.2) is 35.7 Å². The van der Waals surface area contributed by atoms with E-state index in [4.69, 9.17) is 4.74 Å². The Balaban J connectivity index is 1.82. The highest BCUT2D eigenvalue weighted by molar-refractivity contribution is 5.82. The number of ether oxygens (including phenoxy) is 1. The van der Waals surface area contributed by atoms with Gasteiger partial charge in [0.2, 0.25) is 5.91 Å². The van der Waals surface area contributed by atoms with E-state index in [9.17, 15) is 14.7 Å². The first-order valence-corrected chi connectivity index (χ1v) is 7.30. The van der Waals surface area contributed by atoms with E-state index in [1.54, 1.807) is 0 Å². The van der Waals surface area contributed by atoms with Crippen molar-refractivity contribution < 1.29 is 19.4 Å².